The van der Waals surface area contributed by atoms with Crippen molar-refractivity contribution in [1.82, 2.24) is 10.2 Å². The number of benzene rings is 5. The number of hydrogen-bond acceptors (Lipinski definition) is 5. The van der Waals surface area contributed by atoms with Gasteiger partial charge in [-0.2, -0.15) is 0 Å². The van der Waals surface area contributed by atoms with Gasteiger partial charge in [0.15, 0.2) is 0 Å². The second-order valence-corrected chi connectivity index (χ2v) is 11.3. The molecule has 0 saturated carbocycles. The number of rotatable bonds is 10. The molecule has 0 bridgehead atoms. The van der Waals surface area contributed by atoms with Crippen molar-refractivity contribution in [1.29, 1.82) is 0 Å². The average Bonchev–Trinajstić information content (AvgIpc) is 3.62. The predicted octanol–water partition coefficient (Wildman–Crippen LogP) is 11.1. The van der Waals surface area contributed by atoms with Crippen molar-refractivity contribution < 1.29 is 4.42 Å². The van der Waals surface area contributed by atoms with Crippen molar-refractivity contribution >= 4 is 33.5 Å². The minimum atomic E-state index is 0.534. The summed E-state index contributed by atoms with van der Waals surface area (Å²) in [6.07, 6.45) is 15.5. The van der Waals surface area contributed by atoms with Crippen LogP contribution in [0.3, 0.4) is 0 Å². The van der Waals surface area contributed by atoms with Crippen molar-refractivity contribution in [2.45, 2.75) is 26.2 Å². The molecule has 230 valence electrons. The lowest BCUT2D eigenvalue weighted by molar-refractivity contribution is 0.520. The predicted molar refractivity (Wildman–Crippen MR) is 194 cm³/mol. The molecule has 0 amide bonds. The van der Waals surface area contributed by atoms with Crippen LogP contribution in [0, 0.1) is 0 Å². The molecule has 0 aliphatic heterocycles. The lowest BCUT2D eigenvalue weighted by Crippen LogP contribution is -2.22. The number of para-hydroxylation sites is 2. The topological polar surface area (TPSA) is 45.4 Å². The molecule has 0 atom stereocenters. The molecule has 7 rings (SSSR count). The van der Waals surface area contributed by atoms with E-state index in [2.05, 4.69) is 160 Å². The molecule has 47 heavy (non-hydrogen) atoms. The molecule has 0 spiro atoms. The number of anilines is 4. The molecule has 0 N–H and O–H groups in total. The van der Waals surface area contributed by atoms with Gasteiger partial charge < -0.3 is 14.2 Å². The van der Waals surface area contributed by atoms with Crippen LogP contribution in [0.4, 0.5) is 22.7 Å². The molecule has 0 saturated heterocycles. The zero-order valence-electron chi connectivity index (χ0n) is 26.4. The molecule has 1 aliphatic rings. The van der Waals surface area contributed by atoms with E-state index in [0.717, 1.165) is 46.9 Å². The molecule has 5 aromatic carbocycles. The Bertz CT molecular complexity index is 2040. The van der Waals surface area contributed by atoms with Gasteiger partial charge >= 0.3 is 0 Å². The van der Waals surface area contributed by atoms with Gasteiger partial charge in [0.05, 0.1) is 11.4 Å². The minimum Gasteiger partial charge on any atom is -0.420 e. The van der Waals surface area contributed by atoms with E-state index in [4.69, 9.17) is 4.42 Å². The van der Waals surface area contributed by atoms with Gasteiger partial charge in [0.25, 0.3) is 0 Å². The number of hydrogen-bond donors (Lipinski definition) is 0. The summed E-state index contributed by atoms with van der Waals surface area (Å²) < 4.78 is 5.98. The summed E-state index contributed by atoms with van der Waals surface area (Å²) in [6.45, 7) is 2.09. The smallest absolute Gasteiger partial charge is 0.247 e. The fourth-order valence-corrected chi connectivity index (χ4v) is 6.10. The molecule has 0 fully saturated rings. The van der Waals surface area contributed by atoms with Crippen LogP contribution in [-0.4, -0.2) is 10.2 Å². The molecule has 1 heterocycles. The van der Waals surface area contributed by atoms with Gasteiger partial charge in [0.2, 0.25) is 11.8 Å². The van der Waals surface area contributed by atoms with Gasteiger partial charge in [-0.15, -0.1) is 10.2 Å². The van der Waals surface area contributed by atoms with Crippen LogP contribution in [0.5, 0.6) is 0 Å². The number of fused-ring (bicyclic) bond motifs is 1. The first-order valence-corrected chi connectivity index (χ1v) is 16.1. The minimum absolute atomic E-state index is 0.534. The SMILES string of the molecule is C/C=C(\C=C/Cc1nnc(-c2ccccc2)o1)N(C1=CC=CCC1)c1cccc2c(N(c3ccccc3)c3ccccc3)cccc12. The Morgan fingerprint density at radius 1 is 0.723 bits per heavy atom. The molecule has 1 aliphatic carbocycles. The van der Waals surface area contributed by atoms with Crippen LogP contribution in [0.15, 0.2) is 180 Å². The van der Waals surface area contributed by atoms with Crippen LogP contribution in [-0.2, 0) is 6.42 Å². The van der Waals surface area contributed by atoms with Crippen molar-refractivity contribution in [2.75, 3.05) is 9.80 Å². The Morgan fingerprint density at radius 2 is 1.36 bits per heavy atom. The fraction of sp³-hybridized carbons (Fsp3) is 0.0952. The van der Waals surface area contributed by atoms with Gasteiger partial charge in [0, 0.05) is 45.5 Å². The lowest BCUT2D eigenvalue weighted by atomic mass is 10.0. The van der Waals surface area contributed by atoms with Gasteiger partial charge in [-0.1, -0.05) is 103 Å². The zero-order valence-corrected chi connectivity index (χ0v) is 26.4. The van der Waals surface area contributed by atoms with Crippen molar-refractivity contribution in [3.63, 3.8) is 0 Å². The van der Waals surface area contributed by atoms with Gasteiger partial charge in [-0.3, -0.25) is 0 Å². The first-order chi connectivity index (χ1) is 23.3. The van der Waals surface area contributed by atoms with E-state index < -0.39 is 0 Å². The molecule has 0 radical (unpaired) electrons. The molecule has 1 aromatic heterocycles. The Hall–Kier alpha value is -5.94. The van der Waals surface area contributed by atoms with Crippen molar-refractivity contribution in [3.05, 3.63) is 181 Å². The monoisotopic (exact) mass is 612 g/mol. The first kappa shape index (κ1) is 29.8. The normalized spacial score (nSPS) is 13.2. The van der Waals surface area contributed by atoms with Gasteiger partial charge in [-0.05, 0) is 80.4 Å². The van der Waals surface area contributed by atoms with E-state index in [-0.39, 0.29) is 0 Å². The molecular formula is C42H36N4O. The van der Waals surface area contributed by atoms with Crippen LogP contribution in [0.25, 0.3) is 22.2 Å². The third-order valence-corrected chi connectivity index (χ3v) is 8.29. The third kappa shape index (κ3) is 6.42. The van der Waals surface area contributed by atoms with Crippen molar-refractivity contribution in [2.24, 2.45) is 0 Å². The number of aromatic nitrogens is 2. The Kier molecular flexibility index (Phi) is 8.87. The highest BCUT2D eigenvalue weighted by Gasteiger charge is 2.21. The largest absolute Gasteiger partial charge is 0.420 e. The lowest BCUT2D eigenvalue weighted by Gasteiger charge is -2.32. The summed E-state index contributed by atoms with van der Waals surface area (Å²) in [4.78, 5) is 4.73. The summed E-state index contributed by atoms with van der Waals surface area (Å²) in [6, 6.07) is 44.2. The maximum atomic E-state index is 5.98. The van der Waals surface area contributed by atoms with E-state index >= 15 is 0 Å². The quantitative estimate of drug-likeness (QED) is 0.144. The maximum Gasteiger partial charge on any atom is 0.247 e. The Morgan fingerprint density at radius 3 is 2.00 bits per heavy atom. The van der Waals surface area contributed by atoms with E-state index in [9.17, 15) is 0 Å². The van der Waals surface area contributed by atoms with Crippen LogP contribution in [0.2, 0.25) is 0 Å². The van der Waals surface area contributed by atoms with E-state index in [1.54, 1.807) is 0 Å². The third-order valence-electron chi connectivity index (χ3n) is 8.29. The van der Waals surface area contributed by atoms with E-state index in [1.165, 1.54) is 16.5 Å². The van der Waals surface area contributed by atoms with Crippen molar-refractivity contribution in [3.8, 4) is 11.5 Å². The van der Waals surface area contributed by atoms with Crippen LogP contribution >= 0.6 is 0 Å². The van der Waals surface area contributed by atoms with E-state index in [0.29, 0.717) is 18.2 Å². The Labute approximate surface area is 276 Å². The first-order valence-electron chi connectivity index (χ1n) is 16.1. The second-order valence-electron chi connectivity index (χ2n) is 11.3. The number of allylic oxidation sites excluding steroid dienone is 7. The number of nitrogens with zero attached hydrogens (tertiary/aromatic N) is 4. The standard InChI is InChI=1S/C42H36N4O/c1-2-33(26-15-31-41-43-44-42(47-41)32-18-7-3-8-19-32)45(34-20-9-4-10-21-34)39-29-16-28-38-37(39)27-17-30-40(38)46(35-22-11-5-12-23-35)36-24-13-6-14-25-36/h2-9,11-20,22-30H,10,21,31H2,1H3/b26-15-,33-2+. The van der Waals surface area contributed by atoms with Gasteiger partial charge in [0.1, 0.15) is 0 Å². The molecule has 6 aromatic rings. The summed E-state index contributed by atoms with van der Waals surface area (Å²) in [7, 11) is 0. The summed E-state index contributed by atoms with van der Waals surface area (Å²) in [5.41, 5.74) is 7.73. The second kappa shape index (κ2) is 14.0. The Balaban J connectivity index is 1.28. The molecule has 5 heteroatoms. The fourth-order valence-electron chi connectivity index (χ4n) is 6.10. The van der Waals surface area contributed by atoms with Crippen LogP contribution in [0.1, 0.15) is 25.7 Å². The van der Waals surface area contributed by atoms with Crippen LogP contribution < -0.4 is 9.80 Å². The highest BCUT2D eigenvalue weighted by Crippen LogP contribution is 2.42. The molecule has 5 nitrogen and oxygen atoms in total. The highest BCUT2D eigenvalue weighted by atomic mass is 16.4. The summed E-state index contributed by atoms with van der Waals surface area (Å²) >= 11 is 0. The maximum absolute atomic E-state index is 5.98. The van der Waals surface area contributed by atoms with Gasteiger partial charge in [-0.25, -0.2) is 0 Å². The average molecular weight is 613 g/mol. The summed E-state index contributed by atoms with van der Waals surface area (Å²) in [5.74, 6) is 1.12. The van der Waals surface area contributed by atoms with E-state index in [1.807, 2.05) is 30.3 Å². The molecule has 0 unspecified atom stereocenters. The summed E-state index contributed by atoms with van der Waals surface area (Å²) in [5, 5.41) is 10.9. The highest BCUT2D eigenvalue weighted by molar-refractivity contribution is 6.05. The zero-order chi connectivity index (χ0) is 31.8. The molecular weight excluding hydrogens is 576 g/mol.